The predicted octanol–water partition coefficient (Wildman–Crippen LogP) is 0.391. The van der Waals surface area contributed by atoms with Gasteiger partial charge in [-0.2, -0.15) is 4.31 Å². The SMILES string of the molecule is COc1ccc(S(=O)(=O)N2CCN(C(C)CO)CC2)cc1OC. The molecule has 0 saturated carbocycles. The molecular weight excluding hydrogens is 320 g/mol. The molecule has 1 fully saturated rings. The van der Waals surface area contributed by atoms with Gasteiger partial charge in [0.2, 0.25) is 10.0 Å². The lowest BCUT2D eigenvalue weighted by molar-refractivity contribution is 0.100. The van der Waals surface area contributed by atoms with Gasteiger partial charge in [-0.3, -0.25) is 4.90 Å². The van der Waals surface area contributed by atoms with Crippen molar-refractivity contribution < 1.29 is 23.0 Å². The van der Waals surface area contributed by atoms with Crippen LogP contribution in [0.4, 0.5) is 0 Å². The Bertz CT molecular complexity index is 627. The smallest absolute Gasteiger partial charge is 0.243 e. The van der Waals surface area contributed by atoms with Crippen LogP contribution in [-0.4, -0.2) is 75.8 Å². The number of benzene rings is 1. The minimum atomic E-state index is -3.57. The van der Waals surface area contributed by atoms with Crippen molar-refractivity contribution >= 4 is 10.0 Å². The quantitative estimate of drug-likeness (QED) is 0.804. The van der Waals surface area contributed by atoms with E-state index in [-0.39, 0.29) is 17.5 Å². The molecule has 8 heteroatoms. The predicted molar refractivity (Wildman–Crippen MR) is 86.4 cm³/mol. The third-order valence-corrected chi connectivity index (χ3v) is 6.05. The summed E-state index contributed by atoms with van der Waals surface area (Å²) >= 11 is 0. The number of sulfonamides is 1. The highest BCUT2D eigenvalue weighted by atomic mass is 32.2. The number of aliphatic hydroxyl groups excluding tert-OH is 1. The van der Waals surface area contributed by atoms with E-state index >= 15 is 0 Å². The number of aliphatic hydroxyl groups is 1. The van der Waals surface area contributed by atoms with Crippen LogP contribution in [0.15, 0.2) is 23.1 Å². The molecule has 1 heterocycles. The summed E-state index contributed by atoms with van der Waals surface area (Å²) < 4.78 is 37.3. The van der Waals surface area contributed by atoms with Gasteiger partial charge in [-0.05, 0) is 19.1 Å². The van der Waals surface area contributed by atoms with Crippen molar-refractivity contribution in [2.24, 2.45) is 0 Å². The Hall–Kier alpha value is -1.35. The summed E-state index contributed by atoms with van der Waals surface area (Å²) in [5, 5.41) is 9.20. The van der Waals surface area contributed by atoms with E-state index in [9.17, 15) is 13.5 Å². The molecule has 0 aromatic heterocycles. The molecule has 23 heavy (non-hydrogen) atoms. The van der Waals surface area contributed by atoms with Crippen LogP contribution in [0.25, 0.3) is 0 Å². The Balaban J connectivity index is 2.17. The van der Waals surface area contributed by atoms with Gasteiger partial charge in [-0.25, -0.2) is 8.42 Å². The van der Waals surface area contributed by atoms with Gasteiger partial charge in [0.05, 0.1) is 25.7 Å². The van der Waals surface area contributed by atoms with E-state index < -0.39 is 10.0 Å². The molecule has 1 aromatic carbocycles. The molecule has 0 radical (unpaired) electrons. The van der Waals surface area contributed by atoms with Crippen LogP contribution in [0.1, 0.15) is 6.92 Å². The number of rotatable bonds is 6. The number of methoxy groups -OCH3 is 2. The lowest BCUT2D eigenvalue weighted by Crippen LogP contribution is -2.52. The normalized spacial score (nSPS) is 18.6. The van der Waals surface area contributed by atoms with Gasteiger partial charge in [-0.15, -0.1) is 0 Å². The first-order valence-electron chi connectivity index (χ1n) is 7.51. The van der Waals surface area contributed by atoms with Crippen LogP contribution in [0.3, 0.4) is 0 Å². The molecule has 1 aliphatic rings. The van der Waals surface area contributed by atoms with Gasteiger partial charge in [0, 0.05) is 38.3 Å². The average Bonchev–Trinajstić information content (AvgIpc) is 2.60. The van der Waals surface area contributed by atoms with Gasteiger partial charge in [0.1, 0.15) is 0 Å². The molecule has 1 N–H and O–H groups in total. The zero-order valence-electron chi connectivity index (χ0n) is 13.7. The van der Waals surface area contributed by atoms with E-state index in [4.69, 9.17) is 9.47 Å². The fourth-order valence-electron chi connectivity index (χ4n) is 2.63. The fraction of sp³-hybridized carbons (Fsp3) is 0.600. The summed E-state index contributed by atoms with van der Waals surface area (Å²) in [5.41, 5.74) is 0. The molecule has 1 unspecified atom stereocenters. The van der Waals surface area contributed by atoms with E-state index in [1.165, 1.54) is 30.7 Å². The molecule has 0 spiro atoms. The van der Waals surface area contributed by atoms with Crippen molar-refractivity contribution in [1.82, 2.24) is 9.21 Å². The highest BCUT2D eigenvalue weighted by molar-refractivity contribution is 7.89. The summed E-state index contributed by atoms with van der Waals surface area (Å²) in [6.45, 7) is 4.02. The molecule has 0 bridgehead atoms. The van der Waals surface area contributed by atoms with Crippen LogP contribution in [-0.2, 0) is 10.0 Å². The first kappa shape index (κ1) is 18.0. The Morgan fingerprint density at radius 1 is 1.13 bits per heavy atom. The maximum atomic E-state index is 12.8. The molecule has 1 aliphatic heterocycles. The van der Waals surface area contributed by atoms with E-state index in [1.54, 1.807) is 6.07 Å². The second-order valence-electron chi connectivity index (χ2n) is 5.49. The molecule has 2 rings (SSSR count). The maximum absolute atomic E-state index is 12.8. The molecule has 130 valence electrons. The van der Waals surface area contributed by atoms with E-state index in [2.05, 4.69) is 4.90 Å². The Morgan fingerprint density at radius 3 is 2.26 bits per heavy atom. The van der Waals surface area contributed by atoms with E-state index in [0.717, 1.165) is 0 Å². The molecule has 7 nitrogen and oxygen atoms in total. The molecule has 1 aromatic rings. The van der Waals surface area contributed by atoms with Crippen LogP contribution in [0, 0.1) is 0 Å². The Labute approximate surface area is 137 Å². The molecule has 0 amide bonds. The van der Waals surface area contributed by atoms with Gasteiger partial charge in [-0.1, -0.05) is 0 Å². The van der Waals surface area contributed by atoms with Crippen LogP contribution in [0.2, 0.25) is 0 Å². The molecule has 1 saturated heterocycles. The van der Waals surface area contributed by atoms with Crippen LogP contribution >= 0.6 is 0 Å². The lowest BCUT2D eigenvalue weighted by atomic mass is 10.2. The molecule has 1 atom stereocenters. The molecular formula is C15H24N2O5S. The number of hydrogen-bond donors (Lipinski definition) is 1. The number of piperazine rings is 1. The van der Waals surface area contributed by atoms with Crippen molar-refractivity contribution in [2.75, 3.05) is 47.0 Å². The van der Waals surface area contributed by atoms with Gasteiger partial charge >= 0.3 is 0 Å². The van der Waals surface area contributed by atoms with Crippen LogP contribution in [0.5, 0.6) is 11.5 Å². The maximum Gasteiger partial charge on any atom is 0.243 e. The third-order valence-electron chi connectivity index (χ3n) is 4.15. The zero-order chi connectivity index (χ0) is 17.0. The minimum absolute atomic E-state index is 0.0425. The topological polar surface area (TPSA) is 79.3 Å². The standard InChI is InChI=1S/C15H24N2O5S/c1-12(11-18)16-6-8-17(9-7-16)23(19,20)13-4-5-14(21-2)15(10-13)22-3/h4-5,10,12,18H,6-9,11H2,1-3H3. The van der Waals surface area contributed by atoms with Crippen molar-refractivity contribution in [3.05, 3.63) is 18.2 Å². The van der Waals surface area contributed by atoms with E-state index in [0.29, 0.717) is 37.7 Å². The zero-order valence-corrected chi connectivity index (χ0v) is 14.5. The van der Waals surface area contributed by atoms with Gasteiger partial charge in [0.15, 0.2) is 11.5 Å². The van der Waals surface area contributed by atoms with Crippen molar-refractivity contribution in [2.45, 2.75) is 17.9 Å². The Kier molecular flexibility index (Phi) is 5.85. The fourth-order valence-corrected chi connectivity index (χ4v) is 4.06. The van der Waals surface area contributed by atoms with Crippen molar-refractivity contribution in [3.8, 4) is 11.5 Å². The Morgan fingerprint density at radius 2 is 1.74 bits per heavy atom. The minimum Gasteiger partial charge on any atom is -0.493 e. The van der Waals surface area contributed by atoms with Gasteiger partial charge in [0.25, 0.3) is 0 Å². The average molecular weight is 344 g/mol. The summed E-state index contributed by atoms with van der Waals surface area (Å²) in [5.74, 6) is 0.883. The largest absolute Gasteiger partial charge is 0.493 e. The summed E-state index contributed by atoms with van der Waals surface area (Å²) in [6, 6.07) is 4.65. The summed E-state index contributed by atoms with van der Waals surface area (Å²) in [6.07, 6.45) is 0. The summed E-state index contributed by atoms with van der Waals surface area (Å²) in [4.78, 5) is 2.28. The lowest BCUT2D eigenvalue weighted by Gasteiger charge is -2.36. The second-order valence-corrected chi connectivity index (χ2v) is 7.43. The van der Waals surface area contributed by atoms with Crippen LogP contribution < -0.4 is 9.47 Å². The highest BCUT2D eigenvalue weighted by Gasteiger charge is 2.30. The third kappa shape index (κ3) is 3.77. The first-order chi connectivity index (χ1) is 10.9. The van der Waals surface area contributed by atoms with Crippen molar-refractivity contribution in [3.63, 3.8) is 0 Å². The number of ether oxygens (including phenoxy) is 2. The molecule has 0 aliphatic carbocycles. The summed E-state index contributed by atoms with van der Waals surface area (Å²) in [7, 11) is -0.584. The first-order valence-corrected chi connectivity index (χ1v) is 8.95. The highest BCUT2D eigenvalue weighted by Crippen LogP contribution is 2.30. The van der Waals surface area contributed by atoms with Crippen molar-refractivity contribution in [1.29, 1.82) is 0 Å². The number of nitrogens with zero attached hydrogens (tertiary/aromatic N) is 2. The monoisotopic (exact) mass is 344 g/mol. The van der Waals surface area contributed by atoms with Gasteiger partial charge < -0.3 is 14.6 Å². The second kappa shape index (κ2) is 7.48. The van der Waals surface area contributed by atoms with E-state index in [1.807, 2.05) is 6.92 Å². The number of hydrogen-bond acceptors (Lipinski definition) is 6.